The molecule has 0 aromatic carbocycles. The largest absolute Gasteiger partial charge is 0.468 e. The Labute approximate surface area is 81.7 Å². The number of methoxy groups -OCH3 is 1. The predicted octanol–water partition coefficient (Wildman–Crippen LogP) is 1.05. The van der Waals surface area contributed by atoms with Crippen molar-refractivity contribution in [3.63, 3.8) is 0 Å². The van der Waals surface area contributed by atoms with Crippen molar-refractivity contribution in [1.29, 1.82) is 0 Å². The third-order valence-electron chi connectivity index (χ3n) is 1.67. The molecule has 0 unspecified atom stereocenters. The monoisotopic (exact) mass is 199 g/mol. The van der Waals surface area contributed by atoms with Gasteiger partial charge in [-0.05, 0) is 35.4 Å². The van der Waals surface area contributed by atoms with E-state index in [2.05, 4.69) is 26.9 Å². The molecule has 0 bridgehead atoms. The van der Waals surface area contributed by atoms with Crippen molar-refractivity contribution in [2.24, 2.45) is 0 Å². The summed E-state index contributed by atoms with van der Waals surface area (Å²) >= 11 is 1.69. The summed E-state index contributed by atoms with van der Waals surface area (Å²) < 4.78 is 4.49. The number of nitrogens with one attached hydrogen (secondary N) is 1. The van der Waals surface area contributed by atoms with Crippen molar-refractivity contribution in [1.82, 2.24) is 5.32 Å². The number of carbonyl (C=O) groups is 1. The predicted molar refractivity (Wildman–Crippen MR) is 52.9 cm³/mol. The minimum absolute atomic E-state index is 0.217. The summed E-state index contributed by atoms with van der Waals surface area (Å²) in [4.78, 5) is 10.7. The van der Waals surface area contributed by atoms with Crippen molar-refractivity contribution in [2.75, 3.05) is 20.2 Å². The van der Waals surface area contributed by atoms with Crippen LogP contribution in [0.15, 0.2) is 16.8 Å². The number of esters is 1. The molecule has 0 radical (unpaired) electrons. The van der Waals surface area contributed by atoms with Crippen LogP contribution in [0.5, 0.6) is 0 Å². The minimum atomic E-state index is -0.217. The summed E-state index contributed by atoms with van der Waals surface area (Å²) in [6.07, 6.45) is 0.959. The molecule has 0 saturated carbocycles. The zero-order valence-electron chi connectivity index (χ0n) is 7.58. The highest BCUT2D eigenvalue weighted by atomic mass is 32.1. The Morgan fingerprint density at radius 3 is 3.15 bits per heavy atom. The van der Waals surface area contributed by atoms with Gasteiger partial charge < -0.3 is 10.1 Å². The van der Waals surface area contributed by atoms with Gasteiger partial charge in [-0.3, -0.25) is 4.79 Å². The quantitative estimate of drug-likeness (QED) is 0.569. The molecule has 0 fully saturated rings. The molecular formula is C9H13NO2S. The zero-order chi connectivity index (χ0) is 9.52. The fourth-order valence-electron chi connectivity index (χ4n) is 0.930. The van der Waals surface area contributed by atoms with Gasteiger partial charge in [-0.1, -0.05) is 0 Å². The van der Waals surface area contributed by atoms with E-state index in [1.54, 1.807) is 11.3 Å². The van der Waals surface area contributed by atoms with Crippen LogP contribution in [-0.2, 0) is 16.0 Å². The maximum atomic E-state index is 10.7. The van der Waals surface area contributed by atoms with Crippen molar-refractivity contribution in [3.05, 3.63) is 22.4 Å². The number of thiophene rings is 1. The van der Waals surface area contributed by atoms with E-state index in [9.17, 15) is 4.79 Å². The van der Waals surface area contributed by atoms with Gasteiger partial charge in [0.1, 0.15) is 0 Å². The molecule has 1 rings (SSSR count). The normalized spacial score (nSPS) is 9.92. The first-order chi connectivity index (χ1) is 6.33. The molecule has 3 nitrogen and oxygen atoms in total. The molecule has 0 aliphatic heterocycles. The lowest BCUT2D eigenvalue weighted by Gasteiger charge is -2.01. The van der Waals surface area contributed by atoms with E-state index in [4.69, 9.17) is 0 Å². The lowest BCUT2D eigenvalue weighted by Crippen LogP contribution is -2.25. The second kappa shape index (κ2) is 5.72. The van der Waals surface area contributed by atoms with Gasteiger partial charge in [-0.15, -0.1) is 0 Å². The Morgan fingerprint density at radius 1 is 1.69 bits per heavy atom. The molecule has 4 heteroatoms. The Balaban J connectivity index is 2.05. The van der Waals surface area contributed by atoms with Crippen molar-refractivity contribution in [2.45, 2.75) is 6.42 Å². The van der Waals surface area contributed by atoms with E-state index in [-0.39, 0.29) is 5.97 Å². The average Bonchev–Trinajstić information content (AvgIpc) is 2.64. The van der Waals surface area contributed by atoms with Gasteiger partial charge >= 0.3 is 5.97 Å². The molecule has 0 saturated heterocycles. The Kier molecular flexibility index (Phi) is 4.49. The molecule has 1 aromatic heterocycles. The molecular weight excluding hydrogens is 186 g/mol. The first kappa shape index (κ1) is 10.2. The van der Waals surface area contributed by atoms with Crippen LogP contribution in [0, 0.1) is 0 Å². The second-order valence-corrected chi connectivity index (χ2v) is 3.41. The number of ether oxygens (including phenoxy) is 1. The summed E-state index contributed by atoms with van der Waals surface area (Å²) in [5.41, 5.74) is 1.31. The zero-order valence-corrected chi connectivity index (χ0v) is 8.39. The van der Waals surface area contributed by atoms with Crippen LogP contribution in [0.4, 0.5) is 0 Å². The molecule has 0 amide bonds. The van der Waals surface area contributed by atoms with Crippen molar-refractivity contribution < 1.29 is 9.53 Å². The number of rotatable bonds is 5. The van der Waals surface area contributed by atoms with E-state index in [0.29, 0.717) is 6.54 Å². The highest BCUT2D eigenvalue weighted by molar-refractivity contribution is 7.07. The molecule has 0 aliphatic rings. The summed E-state index contributed by atoms with van der Waals surface area (Å²) in [7, 11) is 1.39. The van der Waals surface area contributed by atoms with Gasteiger partial charge in [0.05, 0.1) is 13.7 Å². The summed E-state index contributed by atoms with van der Waals surface area (Å²) in [5, 5.41) is 7.17. The highest BCUT2D eigenvalue weighted by Gasteiger charge is 1.98. The average molecular weight is 199 g/mol. The lowest BCUT2D eigenvalue weighted by molar-refractivity contribution is -0.139. The van der Waals surface area contributed by atoms with Crippen LogP contribution in [0.1, 0.15) is 5.56 Å². The van der Waals surface area contributed by atoms with Gasteiger partial charge in [0.15, 0.2) is 0 Å². The second-order valence-electron chi connectivity index (χ2n) is 2.63. The number of hydrogen-bond acceptors (Lipinski definition) is 4. The third-order valence-corrected chi connectivity index (χ3v) is 2.40. The Bertz CT molecular complexity index is 246. The smallest absolute Gasteiger partial charge is 0.319 e. The molecule has 0 atom stereocenters. The highest BCUT2D eigenvalue weighted by Crippen LogP contribution is 2.05. The lowest BCUT2D eigenvalue weighted by atomic mass is 10.2. The van der Waals surface area contributed by atoms with E-state index < -0.39 is 0 Å². The molecule has 13 heavy (non-hydrogen) atoms. The van der Waals surface area contributed by atoms with Gasteiger partial charge in [0.25, 0.3) is 0 Å². The van der Waals surface area contributed by atoms with Gasteiger partial charge in [-0.2, -0.15) is 11.3 Å². The van der Waals surface area contributed by atoms with E-state index in [1.807, 2.05) is 0 Å². The van der Waals surface area contributed by atoms with Crippen LogP contribution >= 0.6 is 11.3 Å². The summed E-state index contributed by atoms with van der Waals surface area (Å²) in [6.45, 7) is 1.10. The van der Waals surface area contributed by atoms with Crippen LogP contribution in [-0.4, -0.2) is 26.2 Å². The van der Waals surface area contributed by atoms with E-state index in [1.165, 1.54) is 12.7 Å². The Hall–Kier alpha value is -0.870. The van der Waals surface area contributed by atoms with Crippen molar-refractivity contribution >= 4 is 17.3 Å². The number of hydrogen-bond donors (Lipinski definition) is 1. The van der Waals surface area contributed by atoms with Gasteiger partial charge in [0, 0.05) is 0 Å². The molecule has 1 aromatic rings. The van der Waals surface area contributed by atoms with Crippen LogP contribution < -0.4 is 5.32 Å². The maximum Gasteiger partial charge on any atom is 0.319 e. The van der Waals surface area contributed by atoms with Gasteiger partial charge in [0.2, 0.25) is 0 Å². The Morgan fingerprint density at radius 2 is 2.54 bits per heavy atom. The SMILES string of the molecule is COC(=O)CNCCc1ccsc1. The van der Waals surface area contributed by atoms with E-state index in [0.717, 1.165) is 13.0 Å². The summed E-state index contributed by atoms with van der Waals surface area (Å²) in [6, 6.07) is 2.09. The van der Waals surface area contributed by atoms with E-state index >= 15 is 0 Å². The fraction of sp³-hybridized carbons (Fsp3) is 0.444. The standard InChI is InChI=1S/C9H13NO2S/c1-12-9(11)6-10-4-2-8-3-5-13-7-8/h3,5,7,10H,2,4,6H2,1H3. The topological polar surface area (TPSA) is 38.3 Å². The first-order valence-corrected chi connectivity index (χ1v) is 5.06. The first-order valence-electron chi connectivity index (χ1n) is 4.11. The molecule has 0 aliphatic carbocycles. The molecule has 0 spiro atoms. The van der Waals surface area contributed by atoms with Gasteiger partial charge in [-0.25, -0.2) is 0 Å². The van der Waals surface area contributed by atoms with Crippen LogP contribution in [0.25, 0.3) is 0 Å². The molecule has 1 N–H and O–H groups in total. The van der Waals surface area contributed by atoms with Crippen LogP contribution in [0.3, 0.4) is 0 Å². The fourth-order valence-corrected chi connectivity index (χ4v) is 1.63. The minimum Gasteiger partial charge on any atom is -0.468 e. The van der Waals surface area contributed by atoms with Crippen molar-refractivity contribution in [3.8, 4) is 0 Å². The number of carbonyl (C=O) groups excluding carboxylic acids is 1. The third kappa shape index (κ3) is 4.05. The molecule has 72 valence electrons. The summed E-state index contributed by atoms with van der Waals surface area (Å²) in [5.74, 6) is -0.217. The molecule has 1 heterocycles. The van der Waals surface area contributed by atoms with Crippen LogP contribution in [0.2, 0.25) is 0 Å². The maximum absolute atomic E-state index is 10.7.